The Morgan fingerprint density at radius 1 is 1.14 bits per heavy atom. The average molecular weight is 410 g/mol. The zero-order valence-electron chi connectivity index (χ0n) is 16.6. The lowest BCUT2D eigenvalue weighted by molar-refractivity contribution is -0.0228. The summed E-state index contributed by atoms with van der Waals surface area (Å²) < 4.78 is 7.59. The number of carbonyl (C=O) groups excluding carboxylic acids is 1. The number of hydrogen-bond acceptors (Lipinski definition) is 3. The van der Waals surface area contributed by atoms with Gasteiger partial charge in [0.15, 0.2) is 0 Å². The lowest BCUT2D eigenvalue weighted by atomic mass is 10.1. The summed E-state index contributed by atoms with van der Waals surface area (Å²) in [5.41, 5.74) is 4.49. The summed E-state index contributed by atoms with van der Waals surface area (Å²) >= 11 is 6.60. The summed E-state index contributed by atoms with van der Waals surface area (Å²) in [6, 6.07) is 18.2. The zero-order valence-corrected chi connectivity index (χ0v) is 17.4. The number of aryl methyl sites for hydroxylation is 2. The minimum Gasteiger partial charge on any atom is -0.370 e. The number of nitrogens with zero attached hydrogens (tertiary/aromatic N) is 3. The number of halogens is 1. The molecule has 0 N–H and O–H groups in total. The molecule has 150 valence electrons. The van der Waals surface area contributed by atoms with Gasteiger partial charge in [-0.1, -0.05) is 71.8 Å². The lowest BCUT2D eigenvalue weighted by Crippen LogP contribution is -2.42. The van der Waals surface area contributed by atoms with Gasteiger partial charge in [-0.3, -0.25) is 4.79 Å². The number of ether oxygens (including phenoxy) is 1. The van der Waals surface area contributed by atoms with Gasteiger partial charge in [-0.2, -0.15) is 5.10 Å². The number of rotatable bonds is 4. The summed E-state index contributed by atoms with van der Waals surface area (Å²) in [5.74, 6) is -0.0908. The van der Waals surface area contributed by atoms with E-state index < -0.39 is 0 Å². The Morgan fingerprint density at radius 3 is 2.59 bits per heavy atom. The molecule has 1 aliphatic rings. The quantitative estimate of drug-likeness (QED) is 0.641. The molecule has 2 aromatic carbocycles. The van der Waals surface area contributed by atoms with Gasteiger partial charge in [-0.25, -0.2) is 4.68 Å². The van der Waals surface area contributed by atoms with Gasteiger partial charge in [0, 0.05) is 6.54 Å². The lowest BCUT2D eigenvalue weighted by Gasteiger charge is -2.33. The summed E-state index contributed by atoms with van der Waals surface area (Å²) in [6.07, 6.45) is -0.129. The maximum atomic E-state index is 13.3. The number of amides is 1. The van der Waals surface area contributed by atoms with Crippen LogP contribution in [0.5, 0.6) is 0 Å². The molecule has 1 atom stereocenters. The van der Waals surface area contributed by atoms with Crippen molar-refractivity contribution in [2.45, 2.75) is 26.5 Å². The molecule has 0 spiro atoms. The van der Waals surface area contributed by atoms with Crippen LogP contribution in [0.1, 0.15) is 38.8 Å². The van der Waals surface area contributed by atoms with E-state index in [1.807, 2.05) is 42.2 Å². The summed E-state index contributed by atoms with van der Waals surface area (Å²) in [7, 11) is 0. The second-order valence-corrected chi connectivity index (χ2v) is 7.77. The smallest absolute Gasteiger partial charge is 0.259 e. The Kier molecular flexibility index (Phi) is 5.69. The van der Waals surface area contributed by atoms with Crippen LogP contribution in [-0.4, -0.2) is 40.3 Å². The Morgan fingerprint density at radius 2 is 1.86 bits per heavy atom. The van der Waals surface area contributed by atoms with E-state index in [-0.39, 0.29) is 12.0 Å². The fourth-order valence-corrected chi connectivity index (χ4v) is 3.94. The first-order valence-electron chi connectivity index (χ1n) is 9.77. The van der Waals surface area contributed by atoms with Crippen molar-refractivity contribution in [3.8, 4) is 0 Å². The molecule has 29 heavy (non-hydrogen) atoms. The predicted molar refractivity (Wildman–Crippen MR) is 113 cm³/mol. The van der Waals surface area contributed by atoms with Crippen LogP contribution < -0.4 is 0 Å². The molecule has 1 amide bonds. The SMILES string of the molecule is Cc1ccc(Cn2nc(C)c(C(=O)N3CCO[C@@H](c4ccccc4)C3)c2Cl)cc1. The fraction of sp³-hybridized carbons (Fsp3) is 0.304. The molecule has 0 saturated carbocycles. The van der Waals surface area contributed by atoms with Crippen molar-refractivity contribution in [1.29, 1.82) is 0 Å². The molecule has 3 aromatic rings. The van der Waals surface area contributed by atoms with E-state index in [1.165, 1.54) is 5.56 Å². The fourth-order valence-electron chi connectivity index (χ4n) is 3.63. The van der Waals surface area contributed by atoms with Crippen molar-refractivity contribution in [2.75, 3.05) is 19.7 Å². The van der Waals surface area contributed by atoms with Gasteiger partial charge in [0.05, 0.1) is 31.0 Å². The van der Waals surface area contributed by atoms with Crippen LogP contribution in [0.2, 0.25) is 5.15 Å². The Labute approximate surface area is 175 Å². The maximum Gasteiger partial charge on any atom is 0.259 e. The van der Waals surface area contributed by atoms with E-state index in [2.05, 4.69) is 36.3 Å². The van der Waals surface area contributed by atoms with Crippen molar-refractivity contribution >= 4 is 17.5 Å². The van der Waals surface area contributed by atoms with Crippen LogP contribution >= 0.6 is 11.6 Å². The van der Waals surface area contributed by atoms with E-state index >= 15 is 0 Å². The van der Waals surface area contributed by atoms with Crippen molar-refractivity contribution in [2.24, 2.45) is 0 Å². The molecule has 0 bridgehead atoms. The monoisotopic (exact) mass is 409 g/mol. The predicted octanol–water partition coefficient (Wildman–Crippen LogP) is 4.42. The molecule has 0 radical (unpaired) electrons. The normalized spacial score (nSPS) is 16.8. The molecule has 4 rings (SSSR count). The largest absolute Gasteiger partial charge is 0.370 e. The van der Waals surface area contributed by atoms with Crippen LogP contribution in [0.25, 0.3) is 0 Å². The molecular formula is C23H24ClN3O2. The summed E-state index contributed by atoms with van der Waals surface area (Å²) in [4.78, 5) is 15.1. The first-order chi connectivity index (χ1) is 14.0. The zero-order chi connectivity index (χ0) is 20.4. The maximum absolute atomic E-state index is 13.3. The molecule has 6 heteroatoms. The Bertz CT molecular complexity index is 999. The Hall–Kier alpha value is -2.63. The molecule has 0 unspecified atom stereocenters. The number of hydrogen-bond donors (Lipinski definition) is 0. The van der Waals surface area contributed by atoms with Crippen LogP contribution in [-0.2, 0) is 11.3 Å². The third-order valence-corrected chi connectivity index (χ3v) is 5.64. The highest BCUT2D eigenvalue weighted by molar-refractivity contribution is 6.33. The molecule has 0 aliphatic carbocycles. The molecular weight excluding hydrogens is 386 g/mol. The van der Waals surface area contributed by atoms with Crippen LogP contribution in [0.4, 0.5) is 0 Å². The minimum absolute atomic E-state index is 0.0908. The summed E-state index contributed by atoms with van der Waals surface area (Å²) in [6.45, 7) is 5.96. The van der Waals surface area contributed by atoms with Crippen LogP contribution in [0.15, 0.2) is 54.6 Å². The first-order valence-corrected chi connectivity index (χ1v) is 10.1. The van der Waals surface area contributed by atoms with Gasteiger partial charge in [-0.15, -0.1) is 0 Å². The third kappa shape index (κ3) is 4.21. The van der Waals surface area contributed by atoms with Gasteiger partial charge in [0.1, 0.15) is 11.3 Å². The highest BCUT2D eigenvalue weighted by Crippen LogP contribution is 2.27. The first kappa shape index (κ1) is 19.7. The number of benzene rings is 2. The number of aromatic nitrogens is 2. The van der Waals surface area contributed by atoms with Crippen molar-refractivity contribution in [3.05, 3.63) is 87.7 Å². The average Bonchev–Trinajstić information content (AvgIpc) is 3.03. The topological polar surface area (TPSA) is 47.4 Å². The molecule has 1 aromatic heterocycles. The van der Waals surface area contributed by atoms with E-state index in [4.69, 9.17) is 16.3 Å². The minimum atomic E-state index is -0.129. The van der Waals surface area contributed by atoms with E-state index in [9.17, 15) is 4.79 Å². The second-order valence-electron chi connectivity index (χ2n) is 7.42. The molecule has 1 aliphatic heterocycles. The molecule has 2 heterocycles. The third-order valence-electron chi connectivity index (χ3n) is 5.26. The van der Waals surface area contributed by atoms with Crippen molar-refractivity contribution in [1.82, 2.24) is 14.7 Å². The van der Waals surface area contributed by atoms with Crippen molar-refractivity contribution < 1.29 is 9.53 Å². The highest BCUT2D eigenvalue weighted by Gasteiger charge is 2.30. The van der Waals surface area contributed by atoms with Gasteiger partial charge in [-0.05, 0) is 25.0 Å². The number of carbonyl (C=O) groups is 1. The standard InChI is InChI=1S/C23H24ClN3O2/c1-16-8-10-18(11-9-16)14-27-22(24)21(17(2)25-27)23(28)26-12-13-29-20(15-26)19-6-4-3-5-7-19/h3-11,20H,12-15H2,1-2H3/t20-/m1/s1. The van der Waals surface area contributed by atoms with Gasteiger partial charge >= 0.3 is 0 Å². The van der Waals surface area contributed by atoms with Crippen LogP contribution in [0.3, 0.4) is 0 Å². The Balaban J connectivity index is 1.54. The van der Waals surface area contributed by atoms with E-state index in [0.29, 0.717) is 42.7 Å². The highest BCUT2D eigenvalue weighted by atomic mass is 35.5. The van der Waals surface area contributed by atoms with Crippen LogP contribution in [0, 0.1) is 13.8 Å². The molecule has 1 fully saturated rings. The van der Waals surface area contributed by atoms with E-state index in [1.54, 1.807) is 4.68 Å². The summed E-state index contributed by atoms with van der Waals surface area (Å²) in [5, 5.41) is 4.91. The molecule has 1 saturated heterocycles. The molecule has 5 nitrogen and oxygen atoms in total. The second kappa shape index (κ2) is 8.39. The van der Waals surface area contributed by atoms with Gasteiger partial charge < -0.3 is 9.64 Å². The van der Waals surface area contributed by atoms with E-state index in [0.717, 1.165) is 11.1 Å². The number of morpholine rings is 1. The van der Waals surface area contributed by atoms with Gasteiger partial charge in [0.25, 0.3) is 5.91 Å². The van der Waals surface area contributed by atoms with Gasteiger partial charge in [0.2, 0.25) is 0 Å². The van der Waals surface area contributed by atoms with Crippen molar-refractivity contribution in [3.63, 3.8) is 0 Å².